The molecule has 2 heterocycles. The number of carbonyl (C=O) groups excluding carboxylic acids is 2. The number of carbonyl (C=O) groups is 3. The number of amidine groups is 1. The van der Waals surface area contributed by atoms with Crippen LogP contribution in [0.5, 0.6) is 0 Å². The van der Waals surface area contributed by atoms with Crippen LogP contribution in [0, 0.1) is 6.92 Å². The monoisotopic (exact) mass is 619 g/mol. The van der Waals surface area contributed by atoms with Gasteiger partial charge >= 0.3 is 5.97 Å². The summed E-state index contributed by atoms with van der Waals surface area (Å²) in [6.07, 6.45) is 0.399. The first-order valence-electron chi connectivity index (χ1n) is 13.0. The van der Waals surface area contributed by atoms with Crippen LogP contribution in [0.4, 0.5) is 5.69 Å². The van der Waals surface area contributed by atoms with Gasteiger partial charge in [0.05, 0.1) is 18.0 Å². The molecule has 2 aromatic rings. The standard InChI is InChI=1S/C19H25N7O6.C7H8O3S/c20-19-25-15-14(17(28)26-19)23-12(9-22-15)8-21-11-5-3-10(4-6-11)16(27)24-13(18(29)30)2-1-7-32-31;1-6-2-4-7(5-3-6)11(8,9)10/h3-6,12-14,21,23,31H,1-2,7-9H2,(H,24,27)(H,29,30)(H3,20,22,25,26,28);2-5H,1H3,(H,8,9,10). The van der Waals surface area contributed by atoms with Crippen molar-refractivity contribution in [3.05, 3.63) is 59.7 Å². The van der Waals surface area contributed by atoms with Gasteiger partial charge in [0.25, 0.3) is 21.9 Å². The van der Waals surface area contributed by atoms with Gasteiger partial charge in [-0.3, -0.25) is 35.0 Å². The Kier molecular flexibility index (Phi) is 11.7. The summed E-state index contributed by atoms with van der Waals surface area (Å²) in [7, 11) is -4.02. The van der Waals surface area contributed by atoms with Crippen LogP contribution >= 0.6 is 0 Å². The van der Waals surface area contributed by atoms with E-state index in [2.05, 4.69) is 36.1 Å². The van der Waals surface area contributed by atoms with E-state index in [4.69, 9.17) is 15.5 Å². The molecule has 4 rings (SSSR count). The topological polar surface area (TPSA) is 254 Å². The van der Waals surface area contributed by atoms with Crippen molar-refractivity contribution >= 4 is 45.4 Å². The molecule has 0 bridgehead atoms. The van der Waals surface area contributed by atoms with E-state index < -0.39 is 34.1 Å². The van der Waals surface area contributed by atoms with Crippen molar-refractivity contribution in [3.8, 4) is 0 Å². The number of aliphatic imine (C=N–C) groups is 2. The zero-order chi connectivity index (χ0) is 31.6. The number of carboxylic acid groups (broad SMARTS) is 1. The van der Waals surface area contributed by atoms with Crippen molar-refractivity contribution < 1.29 is 42.6 Å². The van der Waals surface area contributed by atoms with Crippen molar-refractivity contribution in [1.29, 1.82) is 0 Å². The van der Waals surface area contributed by atoms with Crippen LogP contribution in [0.1, 0.15) is 28.8 Å². The number of nitrogens with two attached hydrogens (primary N) is 1. The summed E-state index contributed by atoms with van der Waals surface area (Å²) < 4.78 is 29.6. The zero-order valence-corrected chi connectivity index (χ0v) is 23.9. The first kappa shape index (κ1) is 33.1. The van der Waals surface area contributed by atoms with E-state index in [-0.39, 0.29) is 42.3 Å². The predicted molar refractivity (Wildman–Crippen MR) is 155 cm³/mol. The minimum atomic E-state index is -4.02. The second-order valence-electron chi connectivity index (χ2n) is 9.57. The maximum absolute atomic E-state index is 12.3. The number of guanidine groups is 1. The molecule has 9 N–H and O–H groups in total. The highest BCUT2D eigenvalue weighted by molar-refractivity contribution is 7.85. The van der Waals surface area contributed by atoms with E-state index in [1.165, 1.54) is 12.1 Å². The molecule has 2 amide bonds. The number of aryl methyl sites for hydroxylation is 1. The average Bonchev–Trinajstić information content (AvgIpc) is 2.96. The van der Waals surface area contributed by atoms with E-state index in [9.17, 15) is 27.9 Å². The van der Waals surface area contributed by atoms with Gasteiger partial charge in [-0.25, -0.2) is 9.68 Å². The lowest BCUT2D eigenvalue weighted by Gasteiger charge is -2.30. The lowest BCUT2D eigenvalue weighted by atomic mass is 10.1. The second kappa shape index (κ2) is 15.2. The molecule has 0 saturated carbocycles. The zero-order valence-electron chi connectivity index (χ0n) is 23.1. The van der Waals surface area contributed by atoms with Gasteiger partial charge < -0.3 is 21.5 Å². The molecule has 0 aromatic heterocycles. The molecule has 0 saturated heterocycles. The van der Waals surface area contributed by atoms with Crippen molar-refractivity contribution in [3.63, 3.8) is 0 Å². The number of fused-ring (bicyclic) bond motifs is 1. The Balaban J connectivity index is 0.000000386. The summed E-state index contributed by atoms with van der Waals surface area (Å²) in [5.74, 6) is -1.60. The number of hydrogen-bond acceptors (Lipinski definition) is 12. The van der Waals surface area contributed by atoms with Gasteiger partial charge in [-0.15, -0.1) is 0 Å². The van der Waals surface area contributed by atoms with Crippen LogP contribution in [-0.4, -0.2) is 90.7 Å². The third kappa shape index (κ3) is 10.1. The van der Waals surface area contributed by atoms with Crippen molar-refractivity contribution in [2.75, 3.05) is 25.0 Å². The first-order chi connectivity index (χ1) is 20.4. The number of anilines is 1. The molecular weight excluding hydrogens is 586 g/mol. The molecular formula is C26H33N7O9S. The molecule has 2 aliphatic rings. The Morgan fingerprint density at radius 1 is 1.16 bits per heavy atom. The van der Waals surface area contributed by atoms with Gasteiger partial charge in [0.15, 0.2) is 5.84 Å². The number of benzene rings is 2. The summed E-state index contributed by atoms with van der Waals surface area (Å²) in [6.45, 7) is 2.71. The summed E-state index contributed by atoms with van der Waals surface area (Å²) in [5.41, 5.74) is 7.53. The molecule has 0 radical (unpaired) electrons. The fourth-order valence-electron chi connectivity index (χ4n) is 3.97. The minimum absolute atomic E-state index is 0.0187. The maximum Gasteiger partial charge on any atom is 0.326 e. The number of rotatable bonds is 11. The van der Waals surface area contributed by atoms with Gasteiger partial charge in [-0.2, -0.15) is 13.4 Å². The molecule has 43 heavy (non-hydrogen) atoms. The largest absolute Gasteiger partial charge is 0.480 e. The van der Waals surface area contributed by atoms with Gasteiger partial charge in [0.2, 0.25) is 5.96 Å². The molecule has 2 aromatic carbocycles. The molecule has 0 spiro atoms. The van der Waals surface area contributed by atoms with Crippen LogP contribution in [0.2, 0.25) is 0 Å². The Morgan fingerprint density at radius 3 is 2.44 bits per heavy atom. The molecule has 17 heteroatoms. The van der Waals surface area contributed by atoms with E-state index in [0.29, 0.717) is 24.5 Å². The highest BCUT2D eigenvalue weighted by Gasteiger charge is 2.34. The van der Waals surface area contributed by atoms with Gasteiger partial charge in [0.1, 0.15) is 12.1 Å². The minimum Gasteiger partial charge on any atom is -0.480 e. The predicted octanol–water partition coefficient (Wildman–Crippen LogP) is -0.0236. The average molecular weight is 620 g/mol. The molecule has 0 fully saturated rings. The fourth-order valence-corrected chi connectivity index (χ4v) is 4.45. The van der Waals surface area contributed by atoms with E-state index in [1.54, 1.807) is 36.4 Å². The fraction of sp³-hybridized carbons (Fsp3) is 0.346. The van der Waals surface area contributed by atoms with Crippen molar-refractivity contribution in [2.24, 2.45) is 15.7 Å². The summed E-state index contributed by atoms with van der Waals surface area (Å²) in [4.78, 5) is 47.9. The normalized spacial score (nSPS) is 18.4. The SMILES string of the molecule is Cc1ccc(S(=O)(=O)O)cc1.NC1=NC2=NCC(CNc3ccc(C(=O)NC(CCCOO)C(=O)O)cc3)NC2C(=O)N1. The molecule has 16 nitrogen and oxygen atoms in total. The van der Waals surface area contributed by atoms with E-state index >= 15 is 0 Å². The Hall–Kier alpha value is -4.42. The van der Waals surface area contributed by atoms with Gasteiger partial charge in [-0.1, -0.05) is 17.7 Å². The second-order valence-corrected chi connectivity index (χ2v) is 11.0. The Morgan fingerprint density at radius 2 is 1.84 bits per heavy atom. The van der Waals surface area contributed by atoms with Crippen LogP contribution in [-0.2, 0) is 24.6 Å². The molecule has 2 aliphatic heterocycles. The summed E-state index contributed by atoms with van der Waals surface area (Å²) >= 11 is 0. The van der Waals surface area contributed by atoms with Gasteiger partial charge in [-0.05, 0) is 56.2 Å². The lowest BCUT2D eigenvalue weighted by molar-refractivity contribution is -0.242. The molecule has 232 valence electrons. The van der Waals surface area contributed by atoms with Crippen molar-refractivity contribution in [2.45, 2.75) is 42.8 Å². The summed E-state index contributed by atoms with van der Waals surface area (Å²) in [5, 5.41) is 28.8. The lowest BCUT2D eigenvalue weighted by Crippen LogP contribution is -2.62. The number of amides is 2. The first-order valence-corrected chi connectivity index (χ1v) is 14.4. The number of hydrogen-bond donors (Lipinski definition) is 8. The van der Waals surface area contributed by atoms with Gasteiger partial charge in [0, 0.05) is 23.8 Å². The number of nitrogens with one attached hydrogen (secondary N) is 4. The number of aliphatic carboxylic acids is 1. The van der Waals surface area contributed by atoms with Crippen LogP contribution in [0.25, 0.3) is 0 Å². The molecule has 0 aliphatic carbocycles. The Bertz CT molecular complexity index is 1460. The third-order valence-electron chi connectivity index (χ3n) is 6.23. The summed E-state index contributed by atoms with van der Waals surface area (Å²) in [6, 6.07) is 10.7. The number of nitrogens with zero attached hydrogens (tertiary/aromatic N) is 2. The van der Waals surface area contributed by atoms with Crippen LogP contribution in [0.15, 0.2) is 63.4 Å². The molecule has 3 atom stereocenters. The maximum atomic E-state index is 12.3. The van der Waals surface area contributed by atoms with E-state index in [0.717, 1.165) is 11.3 Å². The quantitative estimate of drug-likeness (QED) is 0.0715. The molecule has 3 unspecified atom stereocenters. The van der Waals surface area contributed by atoms with Crippen molar-refractivity contribution in [1.82, 2.24) is 16.0 Å². The highest BCUT2D eigenvalue weighted by Crippen LogP contribution is 2.13. The van der Waals surface area contributed by atoms with Crippen LogP contribution in [0.3, 0.4) is 0 Å². The van der Waals surface area contributed by atoms with Crippen LogP contribution < -0.4 is 27.0 Å². The Labute approximate surface area is 247 Å². The highest BCUT2D eigenvalue weighted by atomic mass is 32.2. The third-order valence-corrected chi connectivity index (χ3v) is 7.10. The number of carboxylic acids is 1. The van der Waals surface area contributed by atoms with E-state index in [1.807, 2.05) is 6.92 Å². The smallest absolute Gasteiger partial charge is 0.326 e.